The van der Waals surface area contributed by atoms with E-state index in [0.29, 0.717) is 0 Å². The van der Waals surface area contributed by atoms with Gasteiger partial charge in [-0.3, -0.25) is 4.98 Å². The SMILES string of the molecule is Cc1cccc(CO)n1.Cl. The Labute approximate surface area is 66.3 Å². The predicted octanol–water partition coefficient (Wildman–Crippen LogP) is 1.30. The van der Waals surface area contributed by atoms with Crippen LogP contribution in [0, 0.1) is 6.92 Å². The smallest absolute Gasteiger partial charge is 0.0853 e. The average Bonchev–Trinajstić information content (AvgIpc) is 1.88. The van der Waals surface area contributed by atoms with E-state index in [2.05, 4.69) is 4.98 Å². The molecular weight excluding hydrogens is 150 g/mol. The molecule has 1 aromatic rings. The molecule has 0 spiro atoms. The molecule has 0 aromatic carbocycles. The number of hydrogen-bond donors (Lipinski definition) is 1. The molecule has 1 rings (SSSR count). The maximum absolute atomic E-state index is 8.60. The van der Waals surface area contributed by atoms with Gasteiger partial charge in [-0.1, -0.05) is 6.07 Å². The Morgan fingerprint density at radius 2 is 2.20 bits per heavy atom. The van der Waals surface area contributed by atoms with Gasteiger partial charge in [0, 0.05) is 5.69 Å². The molecule has 56 valence electrons. The number of hydrogen-bond acceptors (Lipinski definition) is 2. The van der Waals surface area contributed by atoms with E-state index >= 15 is 0 Å². The Bertz CT molecular complexity index is 203. The first-order chi connectivity index (χ1) is 4.33. The molecule has 10 heavy (non-hydrogen) atoms. The summed E-state index contributed by atoms with van der Waals surface area (Å²) in [7, 11) is 0. The molecule has 2 nitrogen and oxygen atoms in total. The first kappa shape index (κ1) is 9.40. The Morgan fingerprint density at radius 1 is 1.50 bits per heavy atom. The van der Waals surface area contributed by atoms with Crippen molar-refractivity contribution in [1.29, 1.82) is 0 Å². The Balaban J connectivity index is 0.000000810. The summed E-state index contributed by atoms with van der Waals surface area (Å²) < 4.78 is 0. The summed E-state index contributed by atoms with van der Waals surface area (Å²) in [4.78, 5) is 4.04. The van der Waals surface area contributed by atoms with Gasteiger partial charge in [0.1, 0.15) is 0 Å². The Morgan fingerprint density at radius 3 is 2.60 bits per heavy atom. The monoisotopic (exact) mass is 159 g/mol. The zero-order chi connectivity index (χ0) is 6.69. The fraction of sp³-hybridized carbons (Fsp3) is 0.286. The number of aromatic nitrogens is 1. The molecule has 3 heteroatoms. The maximum atomic E-state index is 8.60. The van der Waals surface area contributed by atoms with E-state index in [9.17, 15) is 0 Å². The highest BCUT2D eigenvalue weighted by Crippen LogP contribution is 1.96. The molecule has 1 N–H and O–H groups in total. The van der Waals surface area contributed by atoms with Gasteiger partial charge in [-0.15, -0.1) is 12.4 Å². The van der Waals surface area contributed by atoms with E-state index in [1.54, 1.807) is 6.07 Å². The third kappa shape index (κ3) is 2.33. The lowest BCUT2D eigenvalue weighted by Gasteiger charge is -1.93. The van der Waals surface area contributed by atoms with Gasteiger partial charge < -0.3 is 5.11 Å². The van der Waals surface area contributed by atoms with Crippen molar-refractivity contribution in [1.82, 2.24) is 4.98 Å². The fourth-order valence-electron chi connectivity index (χ4n) is 0.688. The van der Waals surface area contributed by atoms with Crippen molar-refractivity contribution in [3.8, 4) is 0 Å². The zero-order valence-electron chi connectivity index (χ0n) is 5.74. The summed E-state index contributed by atoms with van der Waals surface area (Å²) in [5, 5.41) is 8.60. The van der Waals surface area contributed by atoms with E-state index < -0.39 is 0 Å². The number of nitrogens with zero attached hydrogens (tertiary/aromatic N) is 1. The number of pyridine rings is 1. The number of aliphatic hydroxyl groups excluding tert-OH is 1. The van der Waals surface area contributed by atoms with Gasteiger partial charge >= 0.3 is 0 Å². The first-order valence-corrected chi connectivity index (χ1v) is 2.86. The van der Waals surface area contributed by atoms with Crippen molar-refractivity contribution in [3.63, 3.8) is 0 Å². The lowest BCUT2D eigenvalue weighted by atomic mass is 10.3. The molecule has 0 saturated heterocycles. The van der Waals surface area contributed by atoms with Crippen LogP contribution in [0.25, 0.3) is 0 Å². The summed E-state index contributed by atoms with van der Waals surface area (Å²) >= 11 is 0. The first-order valence-electron chi connectivity index (χ1n) is 2.86. The van der Waals surface area contributed by atoms with Crippen molar-refractivity contribution in [2.75, 3.05) is 0 Å². The fourth-order valence-corrected chi connectivity index (χ4v) is 0.688. The van der Waals surface area contributed by atoms with E-state index in [-0.39, 0.29) is 19.0 Å². The minimum Gasteiger partial charge on any atom is -0.390 e. The summed E-state index contributed by atoms with van der Waals surface area (Å²) in [6, 6.07) is 5.58. The summed E-state index contributed by atoms with van der Waals surface area (Å²) in [6.45, 7) is 1.93. The summed E-state index contributed by atoms with van der Waals surface area (Å²) in [5.74, 6) is 0. The van der Waals surface area contributed by atoms with Crippen molar-refractivity contribution < 1.29 is 5.11 Å². The number of halogens is 1. The third-order valence-corrected chi connectivity index (χ3v) is 1.11. The number of aryl methyl sites for hydroxylation is 1. The van der Waals surface area contributed by atoms with Crippen LogP contribution in [0.15, 0.2) is 18.2 Å². The standard InChI is InChI=1S/C7H9NO.ClH/c1-6-3-2-4-7(5-9)8-6;/h2-4,9H,5H2,1H3;1H. The van der Waals surface area contributed by atoms with Gasteiger partial charge in [0.25, 0.3) is 0 Å². The van der Waals surface area contributed by atoms with Crippen molar-refractivity contribution >= 4 is 12.4 Å². The highest BCUT2D eigenvalue weighted by atomic mass is 35.5. The Kier molecular flexibility index (Phi) is 4.00. The zero-order valence-corrected chi connectivity index (χ0v) is 6.56. The van der Waals surface area contributed by atoms with E-state index in [0.717, 1.165) is 11.4 Å². The van der Waals surface area contributed by atoms with Gasteiger partial charge in [-0.25, -0.2) is 0 Å². The largest absolute Gasteiger partial charge is 0.390 e. The van der Waals surface area contributed by atoms with Gasteiger partial charge in [0.05, 0.1) is 12.3 Å². The van der Waals surface area contributed by atoms with Gasteiger partial charge in [-0.2, -0.15) is 0 Å². The van der Waals surface area contributed by atoms with Crippen LogP contribution in [0.2, 0.25) is 0 Å². The van der Waals surface area contributed by atoms with Crippen LogP contribution < -0.4 is 0 Å². The molecule has 1 heterocycles. The van der Waals surface area contributed by atoms with Crippen LogP contribution in [-0.4, -0.2) is 10.1 Å². The molecule has 0 radical (unpaired) electrons. The van der Waals surface area contributed by atoms with Crippen LogP contribution >= 0.6 is 12.4 Å². The van der Waals surface area contributed by atoms with E-state index in [1.165, 1.54) is 0 Å². The topological polar surface area (TPSA) is 33.1 Å². The molecule has 0 amide bonds. The van der Waals surface area contributed by atoms with E-state index in [4.69, 9.17) is 5.11 Å². The number of rotatable bonds is 1. The summed E-state index contributed by atoms with van der Waals surface area (Å²) in [5.41, 5.74) is 1.68. The minimum atomic E-state index is 0. The van der Waals surface area contributed by atoms with Crippen molar-refractivity contribution in [3.05, 3.63) is 29.6 Å². The number of aliphatic hydroxyl groups is 1. The van der Waals surface area contributed by atoms with Crippen LogP contribution in [0.1, 0.15) is 11.4 Å². The highest BCUT2D eigenvalue weighted by Gasteiger charge is 1.88. The average molecular weight is 160 g/mol. The minimum absolute atomic E-state index is 0. The van der Waals surface area contributed by atoms with E-state index in [1.807, 2.05) is 19.1 Å². The molecular formula is C7H10ClNO. The van der Waals surface area contributed by atoms with Gasteiger partial charge in [0.2, 0.25) is 0 Å². The quantitative estimate of drug-likeness (QED) is 0.670. The van der Waals surface area contributed by atoms with Crippen LogP contribution in [-0.2, 0) is 6.61 Å². The molecule has 0 atom stereocenters. The normalized spacial score (nSPS) is 8.60. The van der Waals surface area contributed by atoms with Crippen LogP contribution in [0.5, 0.6) is 0 Å². The van der Waals surface area contributed by atoms with Gasteiger partial charge in [0.15, 0.2) is 0 Å². The Hall–Kier alpha value is -0.600. The molecule has 0 saturated carbocycles. The summed E-state index contributed by atoms with van der Waals surface area (Å²) in [6.07, 6.45) is 0. The molecule has 0 aliphatic heterocycles. The molecule has 0 unspecified atom stereocenters. The second kappa shape index (κ2) is 4.25. The maximum Gasteiger partial charge on any atom is 0.0853 e. The van der Waals surface area contributed by atoms with Crippen molar-refractivity contribution in [2.45, 2.75) is 13.5 Å². The molecule has 0 aliphatic carbocycles. The van der Waals surface area contributed by atoms with Crippen LogP contribution in [0.4, 0.5) is 0 Å². The molecule has 0 aliphatic rings. The molecule has 1 aromatic heterocycles. The molecule has 0 bridgehead atoms. The lowest BCUT2D eigenvalue weighted by molar-refractivity contribution is 0.276. The predicted molar refractivity (Wildman–Crippen MR) is 42.1 cm³/mol. The molecule has 0 fully saturated rings. The highest BCUT2D eigenvalue weighted by molar-refractivity contribution is 5.85. The second-order valence-corrected chi connectivity index (χ2v) is 1.93. The van der Waals surface area contributed by atoms with Crippen LogP contribution in [0.3, 0.4) is 0 Å². The van der Waals surface area contributed by atoms with Crippen molar-refractivity contribution in [2.24, 2.45) is 0 Å². The third-order valence-electron chi connectivity index (χ3n) is 1.11. The second-order valence-electron chi connectivity index (χ2n) is 1.93. The lowest BCUT2D eigenvalue weighted by Crippen LogP contribution is -1.89. The van der Waals surface area contributed by atoms with Gasteiger partial charge in [-0.05, 0) is 19.1 Å².